The van der Waals surface area contributed by atoms with Gasteiger partial charge in [0.2, 0.25) is 11.8 Å². The van der Waals surface area contributed by atoms with Gasteiger partial charge in [0, 0.05) is 47.2 Å². The van der Waals surface area contributed by atoms with Gasteiger partial charge in [0.05, 0.1) is 20.1 Å². The number of aromatic nitrogens is 1. The molecule has 7 heteroatoms. The summed E-state index contributed by atoms with van der Waals surface area (Å²) >= 11 is 1.57. The molecule has 4 rings (SSSR count). The molecule has 0 aliphatic carbocycles. The van der Waals surface area contributed by atoms with Crippen LogP contribution >= 0.6 is 11.3 Å². The topological polar surface area (TPSA) is 65.6 Å². The first kappa shape index (κ1) is 25.5. The predicted molar refractivity (Wildman–Crippen MR) is 145 cm³/mol. The van der Waals surface area contributed by atoms with Gasteiger partial charge < -0.3 is 19.5 Å². The summed E-state index contributed by atoms with van der Waals surface area (Å²) in [6, 6.07) is 19.9. The third-order valence-electron chi connectivity index (χ3n) is 6.31. The number of hydrogen-bond donors (Lipinski definition) is 1. The van der Waals surface area contributed by atoms with E-state index in [0.717, 1.165) is 28.1 Å². The van der Waals surface area contributed by atoms with E-state index < -0.39 is 0 Å². The summed E-state index contributed by atoms with van der Waals surface area (Å²) in [5.74, 6) is 0.678. The zero-order valence-corrected chi connectivity index (χ0v) is 21.7. The molecule has 0 unspecified atom stereocenters. The average Bonchev–Trinajstić information content (AvgIpc) is 3.56. The average molecular weight is 504 g/mol. The van der Waals surface area contributed by atoms with Crippen molar-refractivity contribution in [1.82, 2.24) is 14.8 Å². The Balaban J connectivity index is 1.52. The van der Waals surface area contributed by atoms with E-state index in [0.29, 0.717) is 32.5 Å². The van der Waals surface area contributed by atoms with Crippen molar-refractivity contribution < 1.29 is 14.3 Å². The maximum Gasteiger partial charge on any atom is 0.242 e. The molecule has 0 aliphatic rings. The molecule has 0 spiro atoms. The first-order valence-corrected chi connectivity index (χ1v) is 13.2. The molecular formula is C29H33N3O3S. The number of benzene rings is 2. The Morgan fingerprint density at radius 1 is 0.917 bits per heavy atom. The summed E-state index contributed by atoms with van der Waals surface area (Å²) in [5.41, 5.74) is 3.20. The van der Waals surface area contributed by atoms with Crippen LogP contribution in [0.1, 0.15) is 29.3 Å². The van der Waals surface area contributed by atoms with Gasteiger partial charge in [0.1, 0.15) is 5.75 Å². The summed E-state index contributed by atoms with van der Waals surface area (Å²) in [5, 5.41) is 3.14. The van der Waals surface area contributed by atoms with E-state index in [1.807, 2.05) is 71.9 Å². The Hall–Kier alpha value is -3.58. The number of H-pyrrole nitrogens is 1. The lowest BCUT2D eigenvalue weighted by atomic mass is 10.1. The number of rotatable bonds is 12. The number of nitrogens with zero attached hydrogens (tertiary/aromatic N) is 2. The van der Waals surface area contributed by atoms with Crippen LogP contribution in [0.2, 0.25) is 0 Å². The number of carbonyl (C=O) groups is 2. The van der Waals surface area contributed by atoms with Crippen LogP contribution in [0.25, 0.3) is 10.9 Å². The Labute approximate surface area is 216 Å². The lowest BCUT2D eigenvalue weighted by molar-refractivity contribution is -0.140. The van der Waals surface area contributed by atoms with Gasteiger partial charge in [0.15, 0.2) is 0 Å². The van der Waals surface area contributed by atoms with Gasteiger partial charge in [-0.1, -0.05) is 49.4 Å². The van der Waals surface area contributed by atoms with Gasteiger partial charge in [-0.2, -0.15) is 0 Å². The van der Waals surface area contributed by atoms with Crippen molar-refractivity contribution in [2.45, 2.75) is 32.7 Å². The third-order valence-corrected chi connectivity index (χ3v) is 7.19. The Morgan fingerprint density at radius 3 is 2.50 bits per heavy atom. The molecule has 0 aliphatic heterocycles. The first-order chi connectivity index (χ1) is 17.6. The minimum absolute atomic E-state index is 0.0125. The lowest BCUT2D eigenvalue weighted by Crippen LogP contribution is -2.44. The monoisotopic (exact) mass is 503 g/mol. The highest BCUT2D eigenvalue weighted by molar-refractivity contribution is 7.10. The summed E-state index contributed by atoms with van der Waals surface area (Å²) in [4.78, 5) is 34.6. The number of fused-ring (bicyclic) bond motifs is 1. The van der Waals surface area contributed by atoms with Crippen LogP contribution in [0.4, 0.5) is 0 Å². The van der Waals surface area contributed by atoms with E-state index >= 15 is 0 Å². The molecular weight excluding hydrogens is 470 g/mol. The van der Waals surface area contributed by atoms with Crippen molar-refractivity contribution >= 4 is 34.1 Å². The van der Waals surface area contributed by atoms with E-state index in [1.165, 1.54) is 10.9 Å². The van der Waals surface area contributed by atoms with Crippen molar-refractivity contribution in [3.8, 4) is 5.75 Å². The minimum Gasteiger partial charge on any atom is -0.496 e. The van der Waals surface area contributed by atoms with Gasteiger partial charge in [-0.25, -0.2) is 0 Å². The fourth-order valence-electron chi connectivity index (χ4n) is 4.42. The number of methoxy groups -OCH3 is 1. The van der Waals surface area contributed by atoms with Crippen LogP contribution < -0.4 is 4.74 Å². The normalized spacial score (nSPS) is 10.9. The van der Waals surface area contributed by atoms with E-state index in [1.54, 1.807) is 23.3 Å². The number of amides is 2. The molecule has 188 valence electrons. The SMILES string of the molecule is CCCN(CC(=O)N(CCc1c[nH]c2ccccc12)Cc1ccccc1OC)C(=O)Cc1cccs1. The zero-order chi connectivity index (χ0) is 25.3. The Bertz CT molecular complexity index is 1280. The smallest absolute Gasteiger partial charge is 0.242 e. The molecule has 0 radical (unpaired) electrons. The van der Waals surface area contributed by atoms with Crippen LogP contribution in [-0.2, 0) is 29.0 Å². The fraction of sp³-hybridized carbons (Fsp3) is 0.310. The second kappa shape index (κ2) is 12.4. The maximum atomic E-state index is 13.6. The fourth-order valence-corrected chi connectivity index (χ4v) is 5.12. The second-order valence-electron chi connectivity index (χ2n) is 8.81. The predicted octanol–water partition coefficient (Wildman–Crippen LogP) is 5.29. The summed E-state index contributed by atoms with van der Waals surface area (Å²) < 4.78 is 5.54. The zero-order valence-electron chi connectivity index (χ0n) is 20.9. The molecule has 2 aromatic heterocycles. The number of aromatic amines is 1. The van der Waals surface area contributed by atoms with E-state index in [-0.39, 0.29) is 18.4 Å². The highest BCUT2D eigenvalue weighted by Gasteiger charge is 2.22. The van der Waals surface area contributed by atoms with Crippen molar-refractivity contribution in [2.75, 3.05) is 26.7 Å². The third kappa shape index (κ3) is 6.34. The van der Waals surface area contributed by atoms with Crippen LogP contribution in [0.3, 0.4) is 0 Å². The maximum absolute atomic E-state index is 13.6. The summed E-state index contributed by atoms with van der Waals surface area (Å²) in [6.45, 7) is 3.61. The highest BCUT2D eigenvalue weighted by Crippen LogP contribution is 2.22. The molecule has 4 aromatic rings. The molecule has 0 fully saturated rings. The summed E-state index contributed by atoms with van der Waals surface area (Å²) in [7, 11) is 1.64. The van der Waals surface area contributed by atoms with E-state index in [2.05, 4.69) is 17.1 Å². The van der Waals surface area contributed by atoms with Gasteiger partial charge >= 0.3 is 0 Å². The molecule has 2 aromatic carbocycles. The van der Waals surface area contributed by atoms with Crippen molar-refractivity contribution in [1.29, 1.82) is 0 Å². The van der Waals surface area contributed by atoms with Gasteiger partial charge in [-0.3, -0.25) is 9.59 Å². The number of hydrogen-bond acceptors (Lipinski definition) is 4. The largest absolute Gasteiger partial charge is 0.496 e. The molecule has 6 nitrogen and oxygen atoms in total. The minimum atomic E-state index is -0.0614. The quantitative estimate of drug-likeness (QED) is 0.286. The number of carbonyl (C=O) groups excluding carboxylic acids is 2. The van der Waals surface area contributed by atoms with Crippen molar-refractivity contribution in [2.24, 2.45) is 0 Å². The molecule has 0 saturated heterocycles. The molecule has 1 N–H and O–H groups in total. The summed E-state index contributed by atoms with van der Waals surface area (Å²) in [6.07, 6.45) is 3.85. The number of para-hydroxylation sites is 2. The molecule has 0 bridgehead atoms. The number of thiophene rings is 1. The van der Waals surface area contributed by atoms with Crippen molar-refractivity contribution in [3.63, 3.8) is 0 Å². The number of nitrogens with one attached hydrogen (secondary N) is 1. The van der Waals surface area contributed by atoms with Crippen LogP contribution in [-0.4, -0.2) is 53.3 Å². The van der Waals surface area contributed by atoms with Gasteiger partial charge in [-0.05, 0) is 42.0 Å². The first-order valence-electron chi connectivity index (χ1n) is 12.3. The molecule has 0 atom stereocenters. The Morgan fingerprint density at radius 2 is 1.72 bits per heavy atom. The molecule has 0 saturated carbocycles. The van der Waals surface area contributed by atoms with Gasteiger partial charge in [0.25, 0.3) is 0 Å². The molecule has 2 heterocycles. The number of ether oxygens (including phenoxy) is 1. The van der Waals surface area contributed by atoms with Crippen LogP contribution in [0, 0.1) is 0 Å². The Kier molecular flexibility index (Phi) is 8.79. The van der Waals surface area contributed by atoms with Gasteiger partial charge in [-0.15, -0.1) is 11.3 Å². The van der Waals surface area contributed by atoms with E-state index in [9.17, 15) is 9.59 Å². The highest BCUT2D eigenvalue weighted by atomic mass is 32.1. The van der Waals surface area contributed by atoms with Crippen LogP contribution in [0.15, 0.2) is 72.2 Å². The molecule has 2 amide bonds. The lowest BCUT2D eigenvalue weighted by Gasteiger charge is -2.28. The molecule has 36 heavy (non-hydrogen) atoms. The van der Waals surface area contributed by atoms with Crippen LogP contribution in [0.5, 0.6) is 5.75 Å². The van der Waals surface area contributed by atoms with Crippen molar-refractivity contribution in [3.05, 3.63) is 88.2 Å². The second-order valence-corrected chi connectivity index (χ2v) is 9.84. The standard InChI is InChI=1S/C29H33N3O3S/c1-3-15-31(28(33)18-24-10-8-17-36-24)21-29(34)32(20-23-9-4-7-13-27(23)35-2)16-14-22-19-30-26-12-6-5-11-25(22)26/h4-13,17,19,30H,3,14-16,18,20-21H2,1-2H3. The van der Waals surface area contributed by atoms with E-state index in [4.69, 9.17) is 4.74 Å².